The summed E-state index contributed by atoms with van der Waals surface area (Å²) in [6.07, 6.45) is 0.534. The molecule has 92 valence electrons. The lowest BCUT2D eigenvalue weighted by molar-refractivity contribution is -0.117. The normalized spacial score (nSPS) is 21.4. The minimum Gasteiger partial charge on any atom is -0.325 e. The van der Waals surface area contributed by atoms with E-state index in [1.54, 1.807) is 0 Å². The van der Waals surface area contributed by atoms with Gasteiger partial charge < -0.3 is 5.32 Å². The highest BCUT2D eigenvalue weighted by molar-refractivity contribution is 6.52. The van der Waals surface area contributed by atoms with Gasteiger partial charge in [-0.25, -0.2) is 0 Å². The second kappa shape index (κ2) is 4.51. The summed E-state index contributed by atoms with van der Waals surface area (Å²) < 4.78 is -0.864. The highest BCUT2D eigenvalue weighted by Crippen LogP contribution is 2.53. The fraction of sp³-hybridized carbons (Fsp3) is 0.462. The monoisotopic (exact) mass is 271 g/mol. The number of carbonyl (C=O) groups is 1. The summed E-state index contributed by atoms with van der Waals surface area (Å²) in [6.45, 7) is 4.19. The molecule has 4 heteroatoms. The summed E-state index contributed by atoms with van der Waals surface area (Å²) in [5, 5.41) is 2.90. The van der Waals surface area contributed by atoms with Crippen LogP contribution in [0.25, 0.3) is 0 Å². The molecule has 0 saturated heterocycles. The zero-order valence-electron chi connectivity index (χ0n) is 9.84. The highest BCUT2D eigenvalue weighted by atomic mass is 35.5. The number of hydrogen-bond acceptors (Lipinski definition) is 1. The fourth-order valence-corrected chi connectivity index (χ4v) is 2.34. The molecule has 1 amide bonds. The van der Waals surface area contributed by atoms with Crippen LogP contribution in [0.1, 0.15) is 31.7 Å². The number of benzene rings is 1. The van der Waals surface area contributed by atoms with Crippen molar-refractivity contribution >= 4 is 34.8 Å². The van der Waals surface area contributed by atoms with Crippen LogP contribution in [0, 0.1) is 5.92 Å². The van der Waals surface area contributed by atoms with Gasteiger partial charge in [0, 0.05) is 5.69 Å². The Morgan fingerprint density at radius 3 is 2.53 bits per heavy atom. The van der Waals surface area contributed by atoms with Gasteiger partial charge in [-0.2, -0.15) is 0 Å². The van der Waals surface area contributed by atoms with E-state index in [4.69, 9.17) is 23.2 Å². The standard InChI is InChI=1S/C13H15Cl2NO/c1-8(2)9-5-3-4-6-11(9)16-12(17)10-7-13(10,14)15/h3-6,8,10H,7H2,1-2H3,(H,16,17). The molecule has 1 aliphatic carbocycles. The van der Waals surface area contributed by atoms with Crippen LogP contribution in [0.4, 0.5) is 5.69 Å². The molecule has 1 atom stereocenters. The van der Waals surface area contributed by atoms with Crippen LogP contribution in [-0.4, -0.2) is 10.2 Å². The molecule has 0 aromatic heterocycles. The Labute approximate surface area is 111 Å². The lowest BCUT2D eigenvalue weighted by Crippen LogP contribution is -2.18. The van der Waals surface area contributed by atoms with Crippen molar-refractivity contribution in [2.75, 3.05) is 5.32 Å². The van der Waals surface area contributed by atoms with Gasteiger partial charge in [0.25, 0.3) is 0 Å². The van der Waals surface area contributed by atoms with Crippen molar-refractivity contribution in [3.63, 3.8) is 0 Å². The number of amides is 1. The second-order valence-corrected chi connectivity index (χ2v) is 6.29. The van der Waals surface area contributed by atoms with Gasteiger partial charge in [-0.3, -0.25) is 4.79 Å². The maximum absolute atomic E-state index is 11.9. The van der Waals surface area contributed by atoms with Crippen molar-refractivity contribution in [2.45, 2.75) is 30.5 Å². The van der Waals surface area contributed by atoms with Gasteiger partial charge in [0.15, 0.2) is 0 Å². The summed E-state index contributed by atoms with van der Waals surface area (Å²) in [5.74, 6) is -0.0170. The Hall–Kier alpha value is -0.730. The molecule has 0 bridgehead atoms. The van der Waals surface area contributed by atoms with Gasteiger partial charge in [-0.15, -0.1) is 23.2 Å². The molecule has 1 aromatic carbocycles. The van der Waals surface area contributed by atoms with Crippen LogP contribution < -0.4 is 5.32 Å². The SMILES string of the molecule is CC(C)c1ccccc1NC(=O)C1CC1(Cl)Cl. The molecule has 1 unspecified atom stereocenters. The lowest BCUT2D eigenvalue weighted by atomic mass is 10.0. The zero-order chi connectivity index (χ0) is 12.6. The lowest BCUT2D eigenvalue weighted by Gasteiger charge is -2.13. The maximum atomic E-state index is 11.9. The number of alkyl halides is 2. The molecule has 0 radical (unpaired) electrons. The average Bonchev–Trinajstić information content (AvgIpc) is 2.88. The summed E-state index contributed by atoms with van der Waals surface area (Å²) in [7, 11) is 0. The number of rotatable bonds is 3. The van der Waals surface area contributed by atoms with Crippen molar-refractivity contribution in [3.8, 4) is 0 Å². The Bertz CT molecular complexity index is 443. The molecule has 2 nitrogen and oxygen atoms in total. The number of halogens is 2. The van der Waals surface area contributed by atoms with Gasteiger partial charge in [-0.05, 0) is 24.0 Å². The second-order valence-electron chi connectivity index (χ2n) is 4.75. The molecular weight excluding hydrogens is 257 g/mol. The average molecular weight is 272 g/mol. The van der Waals surface area contributed by atoms with Gasteiger partial charge in [0.05, 0.1) is 5.92 Å². The van der Waals surface area contributed by atoms with Crippen molar-refractivity contribution < 1.29 is 4.79 Å². The van der Waals surface area contributed by atoms with E-state index in [1.807, 2.05) is 24.3 Å². The van der Waals surface area contributed by atoms with Crippen LogP contribution >= 0.6 is 23.2 Å². The van der Waals surface area contributed by atoms with Crippen molar-refractivity contribution in [3.05, 3.63) is 29.8 Å². The molecular formula is C13H15Cl2NO. The predicted octanol–water partition coefficient (Wildman–Crippen LogP) is 3.94. The smallest absolute Gasteiger partial charge is 0.230 e. The molecule has 0 aliphatic heterocycles. The largest absolute Gasteiger partial charge is 0.325 e. The molecule has 0 spiro atoms. The Kier molecular flexibility index (Phi) is 3.37. The third kappa shape index (κ3) is 2.75. The van der Waals surface area contributed by atoms with E-state index in [-0.39, 0.29) is 11.8 Å². The first-order valence-corrected chi connectivity index (χ1v) is 6.45. The molecule has 0 heterocycles. The predicted molar refractivity (Wildman–Crippen MR) is 71.7 cm³/mol. The third-order valence-electron chi connectivity index (χ3n) is 2.98. The van der Waals surface area contributed by atoms with Crippen molar-refractivity contribution in [2.24, 2.45) is 5.92 Å². The minimum atomic E-state index is -0.864. The summed E-state index contributed by atoms with van der Waals surface area (Å²) in [5.41, 5.74) is 1.97. The van der Waals surface area contributed by atoms with Gasteiger partial charge in [-0.1, -0.05) is 32.0 Å². The molecule has 1 aromatic rings. The first kappa shape index (κ1) is 12.7. The van der Waals surface area contributed by atoms with Crippen LogP contribution in [0.5, 0.6) is 0 Å². The molecule has 17 heavy (non-hydrogen) atoms. The zero-order valence-corrected chi connectivity index (χ0v) is 11.3. The number of nitrogens with one attached hydrogen (secondary N) is 1. The van der Waals surface area contributed by atoms with Crippen LogP contribution in [0.2, 0.25) is 0 Å². The summed E-state index contributed by atoms with van der Waals surface area (Å²) >= 11 is 11.8. The van der Waals surface area contributed by atoms with E-state index in [9.17, 15) is 4.79 Å². The van der Waals surface area contributed by atoms with E-state index in [2.05, 4.69) is 19.2 Å². The summed E-state index contributed by atoms with van der Waals surface area (Å²) in [6, 6.07) is 7.79. The highest BCUT2D eigenvalue weighted by Gasteiger charge is 2.56. The number of hydrogen-bond donors (Lipinski definition) is 1. The number of anilines is 1. The first-order chi connectivity index (χ1) is 7.92. The van der Waals surface area contributed by atoms with Crippen LogP contribution in [0.15, 0.2) is 24.3 Å². The Balaban J connectivity index is 2.11. The van der Waals surface area contributed by atoms with E-state index in [0.717, 1.165) is 11.3 Å². The van der Waals surface area contributed by atoms with E-state index < -0.39 is 4.33 Å². The molecule has 1 aliphatic rings. The maximum Gasteiger partial charge on any atom is 0.230 e. The number of para-hydroxylation sites is 1. The Morgan fingerprint density at radius 2 is 2.00 bits per heavy atom. The van der Waals surface area contributed by atoms with Crippen molar-refractivity contribution in [1.29, 1.82) is 0 Å². The van der Waals surface area contributed by atoms with E-state index in [1.165, 1.54) is 0 Å². The Morgan fingerprint density at radius 1 is 1.41 bits per heavy atom. The quantitative estimate of drug-likeness (QED) is 0.829. The van der Waals surface area contributed by atoms with E-state index >= 15 is 0 Å². The van der Waals surface area contributed by atoms with Gasteiger partial charge in [0.2, 0.25) is 5.91 Å². The molecule has 1 saturated carbocycles. The summed E-state index contributed by atoms with van der Waals surface area (Å²) in [4.78, 5) is 11.9. The minimum absolute atomic E-state index is 0.0944. The van der Waals surface area contributed by atoms with Gasteiger partial charge in [0.1, 0.15) is 4.33 Å². The van der Waals surface area contributed by atoms with Crippen LogP contribution in [0.3, 0.4) is 0 Å². The number of carbonyl (C=O) groups excluding carboxylic acids is 1. The van der Waals surface area contributed by atoms with Gasteiger partial charge >= 0.3 is 0 Å². The van der Waals surface area contributed by atoms with Crippen LogP contribution in [-0.2, 0) is 4.79 Å². The first-order valence-electron chi connectivity index (χ1n) is 5.69. The topological polar surface area (TPSA) is 29.1 Å². The fourth-order valence-electron chi connectivity index (χ4n) is 1.83. The molecule has 2 rings (SSSR count). The molecule has 1 N–H and O–H groups in total. The molecule has 1 fully saturated rings. The van der Waals surface area contributed by atoms with Crippen molar-refractivity contribution in [1.82, 2.24) is 0 Å². The third-order valence-corrected chi connectivity index (χ3v) is 3.82. The van der Waals surface area contributed by atoms with E-state index in [0.29, 0.717) is 12.3 Å².